The minimum Gasteiger partial charge on any atom is -0.325 e. The summed E-state index contributed by atoms with van der Waals surface area (Å²) in [6, 6.07) is 10.2. The van der Waals surface area contributed by atoms with Crippen LogP contribution in [0.3, 0.4) is 0 Å². The number of nitrogens with zero attached hydrogens (tertiary/aromatic N) is 2. The van der Waals surface area contributed by atoms with E-state index in [0.717, 1.165) is 21.3 Å². The standard InChI is InChI=1S/C12H10BrN3/c13-10-3-1-2-8-4-5-11-15-9(6-14)7-16(11)12(8)10/h1-5,7H,6,14H2. The highest BCUT2D eigenvalue weighted by molar-refractivity contribution is 9.10. The van der Waals surface area contributed by atoms with Crippen molar-refractivity contribution < 1.29 is 0 Å². The highest BCUT2D eigenvalue weighted by Crippen LogP contribution is 2.25. The molecule has 0 fully saturated rings. The monoisotopic (exact) mass is 275 g/mol. The lowest BCUT2D eigenvalue weighted by Crippen LogP contribution is -1.95. The fourth-order valence-corrected chi connectivity index (χ4v) is 2.50. The number of hydrogen-bond donors (Lipinski definition) is 1. The Morgan fingerprint density at radius 1 is 1.25 bits per heavy atom. The van der Waals surface area contributed by atoms with Crippen LogP contribution in [0.5, 0.6) is 0 Å². The predicted molar refractivity (Wildman–Crippen MR) is 68.3 cm³/mol. The fourth-order valence-electron chi connectivity index (χ4n) is 1.93. The Labute approximate surface area is 101 Å². The molecular weight excluding hydrogens is 266 g/mol. The summed E-state index contributed by atoms with van der Waals surface area (Å²) < 4.78 is 3.14. The lowest BCUT2D eigenvalue weighted by Gasteiger charge is -2.03. The van der Waals surface area contributed by atoms with Crippen molar-refractivity contribution >= 4 is 32.5 Å². The number of halogens is 1. The first-order valence-electron chi connectivity index (χ1n) is 5.05. The van der Waals surface area contributed by atoms with E-state index in [1.807, 2.05) is 24.4 Å². The maximum atomic E-state index is 5.61. The first-order valence-corrected chi connectivity index (χ1v) is 5.84. The third-order valence-electron chi connectivity index (χ3n) is 2.66. The van der Waals surface area contributed by atoms with Crippen molar-refractivity contribution in [3.8, 4) is 0 Å². The first kappa shape index (κ1) is 9.81. The van der Waals surface area contributed by atoms with Crippen LogP contribution in [0.15, 0.2) is 41.0 Å². The molecule has 0 spiro atoms. The van der Waals surface area contributed by atoms with Crippen molar-refractivity contribution in [3.63, 3.8) is 0 Å². The van der Waals surface area contributed by atoms with Gasteiger partial charge in [0, 0.05) is 17.2 Å². The van der Waals surface area contributed by atoms with Crippen molar-refractivity contribution in [2.45, 2.75) is 6.54 Å². The van der Waals surface area contributed by atoms with E-state index < -0.39 is 0 Å². The molecule has 0 saturated carbocycles. The van der Waals surface area contributed by atoms with Gasteiger partial charge < -0.3 is 5.73 Å². The van der Waals surface area contributed by atoms with Gasteiger partial charge in [0.1, 0.15) is 5.65 Å². The summed E-state index contributed by atoms with van der Waals surface area (Å²) in [5, 5.41) is 1.18. The van der Waals surface area contributed by atoms with Gasteiger partial charge in [-0.3, -0.25) is 4.40 Å². The van der Waals surface area contributed by atoms with Gasteiger partial charge in [-0.2, -0.15) is 0 Å². The fraction of sp³-hybridized carbons (Fsp3) is 0.0833. The van der Waals surface area contributed by atoms with Gasteiger partial charge in [-0.25, -0.2) is 4.98 Å². The van der Waals surface area contributed by atoms with Crippen LogP contribution in [0.25, 0.3) is 16.6 Å². The molecule has 3 rings (SSSR count). The van der Waals surface area contributed by atoms with Crippen LogP contribution in [0.1, 0.15) is 5.69 Å². The molecule has 0 bridgehead atoms. The number of aromatic nitrogens is 2. The van der Waals surface area contributed by atoms with E-state index in [1.54, 1.807) is 0 Å². The van der Waals surface area contributed by atoms with Crippen molar-refractivity contribution in [1.29, 1.82) is 0 Å². The van der Waals surface area contributed by atoms with Crippen LogP contribution >= 0.6 is 15.9 Å². The molecule has 0 amide bonds. The maximum absolute atomic E-state index is 5.61. The third-order valence-corrected chi connectivity index (χ3v) is 3.30. The number of rotatable bonds is 1. The average Bonchev–Trinajstić information content (AvgIpc) is 2.72. The minimum atomic E-state index is 0.466. The Morgan fingerprint density at radius 2 is 2.12 bits per heavy atom. The molecule has 0 aliphatic rings. The smallest absolute Gasteiger partial charge is 0.137 e. The molecular formula is C12H10BrN3. The molecule has 3 aromatic rings. The normalized spacial score (nSPS) is 11.4. The van der Waals surface area contributed by atoms with Gasteiger partial charge in [0.25, 0.3) is 0 Å². The Balaban J connectivity index is 2.51. The van der Waals surface area contributed by atoms with Crippen LogP contribution in [0, 0.1) is 0 Å². The zero-order valence-corrected chi connectivity index (χ0v) is 10.1. The minimum absolute atomic E-state index is 0.466. The molecule has 1 aromatic carbocycles. The summed E-state index contributed by atoms with van der Waals surface area (Å²) in [5.41, 5.74) is 8.58. The van der Waals surface area contributed by atoms with E-state index in [-0.39, 0.29) is 0 Å². The van der Waals surface area contributed by atoms with Crippen molar-refractivity contribution in [3.05, 3.63) is 46.7 Å². The topological polar surface area (TPSA) is 43.3 Å². The summed E-state index contributed by atoms with van der Waals surface area (Å²) in [5.74, 6) is 0. The average molecular weight is 276 g/mol. The van der Waals surface area contributed by atoms with Crippen LogP contribution in [-0.2, 0) is 6.54 Å². The molecule has 0 aliphatic heterocycles. The highest BCUT2D eigenvalue weighted by Gasteiger charge is 2.06. The molecule has 80 valence electrons. The Bertz CT molecular complexity index is 672. The van der Waals surface area contributed by atoms with Crippen molar-refractivity contribution in [2.24, 2.45) is 5.73 Å². The van der Waals surface area contributed by atoms with Crippen LogP contribution in [0.2, 0.25) is 0 Å². The number of benzene rings is 1. The van der Waals surface area contributed by atoms with Crippen LogP contribution in [-0.4, -0.2) is 9.38 Å². The van der Waals surface area contributed by atoms with Gasteiger partial charge >= 0.3 is 0 Å². The number of para-hydroxylation sites is 1. The summed E-state index contributed by atoms with van der Waals surface area (Å²) in [6.07, 6.45) is 1.99. The van der Waals surface area contributed by atoms with E-state index in [1.165, 1.54) is 5.39 Å². The second kappa shape index (κ2) is 3.57. The van der Waals surface area contributed by atoms with Crippen LogP contribution < -0.4 is 5.73 Å². The SMILES string of the molecule is NCc1cn2c(ccc3cccc(Br)c32)n1. The van der Waals surface area contributed by atoms with Gasteiger partial charge in [0.15, 0.2) is 0 Å². The Kier molecular flexibility index (Phi) is 2.19. The lowest BCUT2D eigenvalue weighted by atomic mass is 10.2. The van der Waals surface area contributed by atoms with Gasteiger partial charge in [0.2, 0.25) is 0 Å². The Hall–Kier alpha value is -1.39. The molecule has 0 radical (unpaired) electrons. The van der Waals surface area contributed by atoms with Gasteiger partial charge in [-0.1, -0.05) is 12.1 Å². The highest BCUT2D eigenvalue weighted by atomic mass is 79.9. The summed E-state index contributed by atoms with van der Waals surface area (Å²) in [7, 11) is 0. The van der Waals surface area contributed by atoms with E-state index in [4.69, 9.17) is 5.73 Å². The summed E-state index contributed by atoms with van der Waals surface area (Å²) in [4.78, 5) is 4.44. The summed E-state index contributed by atoms with van der Waals surface area (Å²) >= 11 is 3.57. The van der Waals surface area contributed by atoms with E-state index in [2.05, 4.69) is 37.4 Å². The van der Waals surface area contributed by atoms with E-state index >= 15 is 0 Å². The van der Waals surface area contributed by atoms with Gasteiger partial charge in [0.05, 0.1) is 11.2 Å². The molecule has 0 unspecified atom stereocenters. The summed E-state index contributed by atoms with van der Waals surface area (Å²) in [6.45, 7) is 0.466. The number of nitrogens with two attached hydrogens (primary N) is 1. The Morgan fingerprint density at radius 3 is 2.94 bits per heavy atom. The molecule has 2 N–H and O–H groups in total. The quantitative estimate of drug-likeness (QED) is 0.742. The van der Waals surface area contributed by atoms with Gasteiger partial charge in [-0.05, 0) is 39.5 Å². The molecule has 3 nitrogen and oxygen atoms in total. The number of hydrogen-bond acceptors (Lipinski definition) is 2. The first-order chi connectivity index (χ1) is 7.79. The molecule has 0 aliphatic carbocycles. The van der Waals surface area contributed by atoms with Gasteiger partial charge in [-0.15, -0.1) is 0 Å². The van der Waals surface area contributed by atoms with Crippen LogP contribution in [0.4, 0.5) is 0 Å². The lowest BCUT2D eigenvalue weighted by molar-refractivity contribution is 1.02. The molecule has 4 heteroatoms. The second-order valence-corrected chi connectivity index (χ2v) is 4.53. The third kappa shape index (κ3) is 1.34. The molecule has 0 saturated heterocycles. The molecule has 2 aromatic heterocycles. The zero-order valence-electron chi connectivity index (χ0n) is 8.52. The largest absolute Gasteiger partial charge is 0.325 e. The molecule has 2 heterocycles. The van der Waals surface area contributed by atoms with Crippen molar-refractivity contribution in [1.82, 2.24) is 9.38 Å². The number of pyridine rings is 1. The van der Waals surface area contributed by atoms with E-state index in [0.29, 0.717) is 6.54 Å². The molecule has 16 heavy (non-hydrogen) atoms. The zero-order chi connectivity index (χ0) is 11.1. The maximum Gasteiger partial charge on any atom is 0.137 e. The van der Waals surface area contributed by atoms with Crippen molar-refractivity contribution in [2.75, 3.05) is 0 Å². The number of imidazole rings is 1. The molecule has 0 atom stereocenters. The second-order valence-electron chi connectivity index (χ2n) is 3.68. The number of fused-ring (bicyclic) bond motifs is 3. The van der Waals surface area contributed by atoms with E-state index in [9.17, 15) is 0 Å². The predicted octanol–water partition coefficient (Wildman–Crippen LogP) is 2.71.